The monoisotopic (exact) mass is 418 g/mol. The molecular weight excluding hydrogens is 398 g/mol. The minimum absolute atomic E-state index is 0.0110. The van der Waals surface area contributed by atoms with Gasteiger partial charge in [0.25, 0.3) is 5.56 Å². The minimum Gasteiger partial charge on any atom is -0.490 e. The SMILES string of the molecule is CCOc1cccc(/C=C2\CCn3c2nc2sc(CC)cc2c3=O)c1OC(F)F. The molecule has 2 aromatic heterocycles. The minimum atomic E-state index is -2.97. The van der Waals surface area contributed by atoms with E-state index in [-0.39, 0.29) is 17.1 Å². The molecular formula is C21H20F2N2O3S. The van der Waals surface area contributed by atoms with Crippen molar-refractivity contribution >= 4 is 33.2 Å². The predicted molar refractivity (Wildman–Crippen MR) is 110 cm³/mol. The highest BCUT2D eigenvalue weighted by atomic mass is 32.1. The second-order valence-corrected chi connectivity index (χ2v) is 7.70. The fourth-order valence-corrected chi connectivity index (χ4v) is 4.45. The molecule has 8 heteroatoms. The van der Waals surface area contributed by atoms with Gasteiger partial charge in [0.15, 0.2) is 11.5 Å². The molecule has 0 unspecified atom stereocenters. The number of halogens is 2. The molecule has 0 aliphatic carbocycles. The van der Waals surface area contributed by atoms with Crippen LogP contribution in [0.5, 0.6) is 11.5 Å². The Morgan fingerprint density at radius 3 is 2.90 bits per heavy atom. The van der Waals surface area contributed by atoms with Crippen LogP contribution in [0, 0.1) is 0 Å². The Morgan fingerprint density at radius 1 is 1.34 bits per heavy atom. The van der Waals surface area contributed by atoms with Gasteiger partial charge in [0.1, 0.15) is 10.7 Å². The van der Waals surface area contributed by atoms with E-state index in [4.69, 9.17) is 14.5 Å². The molecule has 1 aromatic carbocycles. The van der Waals surface area contributed by atoms with E-state index in [1.807, 2.05) is 13.0 Å². The van der Waals surface area contributed by atoms with Crippen LogP contribution in [0.25, 0.3) is 21.9 Å². The van der Waals surface area contributed by atoms with Gasteiger partial charge >= 0.3 is 6.61 Å². The average Bonchev–Trinajstić information content (AvgIpc) is 3.29. The number of alkyl halides is 2. The number of hydrogen-bond acceptors (Lipinski definition) is 5. The van der Waals surface area contributed by atoms with Crippen molar-refractivity contribution in [2.45, 2.75) is 39.8 Å². The van der Waals surface area contributed by atoms with E-state index in [1.165, 1.54) is 11.3 Å². The van der Waals surface area contributed by atoms with Gasteiger partial charge in [0.05, 0.1) is 12.0 Å². The van der Waals surface area contributed by atoms with E-state index in [2.05, 4.69) is 0 Å². The number of benzene rings is 1. The Hall–Kier alpha value is -2.74. The lowest BCUT2D eigenvalue weighted by atomic mass is 10.1. The molecule has 0 atom stereocenters. The van der Waals surface area contributed by atoms with Crippen LogP contribution in [0.2, 0.25) is 0 Å². The van der Waals surface area contributed by atoms with Gasteiger partial charge < -0.3 is 9.47 Å². The molecule has 29 heavy (non-hydrogen) atoms. The number of rotatable bonds is 6. The summed E-state index contributed by atoms with van der Waals surface area (Å²) in [5.41, 5.74) is 1.22. The smallest absolute Gasteiger partial charge is 0.387 e. The molecule has 4 rings (SSSR count). The summed E-state index contributed by atoms with van der Waals surface area (Å²) in [5.74, 6) is 0.826. The summed E-state index contributed by atoms with van der Waals surface area (Å²) in [7, 11) is 0. The lowest BCUT2D eigenvalue weighted by Crippen LogP contribution is -2.19. The molecule has 0 fully saturated rings. The molecule has 0 bridgehead atoms. The summed E-state index contributed by atoms with van der Waals surface area (Å²) >= 11 is 1.51. The van der Waals surface area contributed by atoms with Crippen molar-refractivity contribution in [3.05, 3.63) is 50.9 Å². The molecule has 3 aromatic rings. The van der Waals surface area contributed by atoms with Gasteiger partial charge in [-0.2, -0.15) is 8.78 Å². The van der Waals surface area contributed by atoms with Crippen LogP contribution in [-0.2, 0) is 13.0 Å². The first-order chi connectivity index (χ1) is 14.0. The number of thiophene rings is 1. The number of allylic oxidation sites excluding steroid dienone is 1. The van der Waals surface area contributed by atoms with Crippen LogP contribution in [-0.4, -0.2) is 22.8 Å². The fraction of sp³-hybridized carbons (Fsp3) is 0.333. The Morgan fingerprint density at radius 2 is 2.17 bits per heavy atom. The van der Waals surface area contributed by atoms with Gasteiger partial charge in [-0.1, -0.05) is 19.1 Å². The fourth-order valence-electron chi connectivity index (χ4n) is 3.49. The van der Waals surface area contributed by atoms with E-state index in [9.17, 15) is 13.6 Å². The van der Waals surface area contributed by atoms with Gasteiger partial charge in [-0.05, 0) is 43.5 Å². The summed E-state index contributed by atoms with van der Waals surface area (Å²) in [6, 6.07) is 6.91. The Bertz CT molecular complexity index is 1150. The molecule has 0 amide bonds. The summed E-state index contributed by atoms with van der Waals surface area (Å²) in [6.45, 7) is 1.68. The normalized spacial score (nSPS) is 14.7. The van der Waals surface area contributed by atoms with Crippen LogP contribution in [0.1, 0.15) is 36.5 Å². The van der Waals surface area contributed by atoms with Gasteiger partial charge in [-0.3, -0.25) is 9.36 Å². The first-order valence-corrected chi connectivity index (χ1v) is 10.3. The number of nitrogens with zero attached hydrogens (tertiary/aromatic N) is 2. The highest BCUT2D eigenvalue weighted by Crippen LogP contribution is 2.37. The van der Waals surface area contributed by atoms with E-state index < -0.39 is 6.61 Å². The number of hydrogen-bond donors (Lipinski definition) is 0. The van der Waals surface area contributed by atoms with Crippen molar-refractivity contribution in [3.63, 3.8) is 0 Å². The van der Waals surface area contributed by atoms with Crippen LogP contribution in [0.15, 0.2) is 29.1 Å². The van der Waals surface area contributed by atoms with Crippen molar-refractivity contribution in [1.82, 2.24) is 9.55 Å². The lowest BCUT2D eigenvalue weighted by Gasteiger charge is -2.14. The van der Waals surface area contributed by atoms with E-state index in [0.29, 0.717) is 41.2 Å². The molecule has 1 aliphatic heterocycles. The Balaban J connectivity index is 1.83. The van der Waals surface area contributed by atoms with Crippen LogP contribution in [0.3, 0.4) is 0 Å². The maximum absolute atomic E-state index is 13.0. The third kappa shape index (κ3) is 3.64. The topological polar surface area (TPSA) is 53.4 Å². The second kappa shape index (κ2) is 7.94. The van der Waals surface area contributed by atoms with E-state index >= 15 is 0 Å². The van der Waals surface area contributed by atoms with E-state index in [1.54, 1.807) is 35.8 Å². The van der Waals surface area contributed by atoms with Gasteiger partial charge in [-0.25, -0.2) is 4.98 Å². The zero-order valence-corrected chi connectivity index (χ0v) is 16.9. The number of ether oxygens (including phenoxy) is 2. The lowest BCUT2D eigenvalue weighted by molar-refractivity contribution is -0.0515. The van der Waals surface area contributed by atoms with Crippen molar-refractivity contribution in [2.75, 3.05) is 6.61 Å². The number of aromatic nitrogens is 2. The first kappa shape index (κ1) is 19.6. The summed E-state index contributed by atoms with van der Waals surface area (Å²) in [4.78, 5) is 19.4. The van der Waals surface area contributed by atoms with Crippen LogP contribution in [0.4, 0.5) is 8.78 Å². The van der Waals surface area contributed by atoms with Crippen LogP contribution >= 0.6 is 11.3 Å². The molecule has 3 heterocycles. The van der Waals surface area contributed by atoms with Gasteiger partial charge in [0.2, 0.25) is 0 Å². The third-order valence-corrected chi connectivity index (χ3v) is 5.96. The zero-order chi connectivity index (χ0) is 20.5. The molecule has 0 spiro atoms. The molecule has 152 valence electrons. The molecule has 0 saturated heterocycles. The number of para-hydroxylation sites is 1. The maximum Gasteiger partial charge on any atom is 0.387 e. The molecule has 1 aliphatic rings. The number of aryl methyl sites for hydroxylation is 1. The quantitative estimate of drug-likeness (QED) is 0.568. The van der Waals surface area contributed by atoms with Crippen molar-refractivity contribution < 1.29 is 18.3 Å². The Kier molecular flexibility index (Phi) is 5.36. The highest BCUT2D eigenvalue weighted by molar-refractivity contribution is 7.18. The standard InChI is InChI=1S/C21H20F2N2O3S/c1-3-14-11-15-19(29-14)24-18-13(8-9-25(18)20(15)26)10-12-6-5-7-16(27-4-2)17(12)28-21(22)23/h5-7,10-11,21H,3-4,8-9H2,1-2H3/b13-10+. The zero-order valence-electron chi connectivity index (χ0n) is 16.1. The largest absolute Gasteiger partial charge is 0.490 e. The molecule has 0 N–H and O–H groups in total. The first-order valence-electron chi connectivity index (χ1n) is 9.46. The van der Waals surface area contributed by atoms with E-state index in [0.717, 1.165) is 16.9 Å². The summed E-state index contributed by atoms with van der Waals surface area (Å²) in [5, 5.41) is 0.636. The number of fused-ring (bicyclic) bond motifs is 2. The van der Waals surface area contributed by atoms with Gasteiger partial charge in [0, 0.05) is 17.0 Å². The van der Waals surface area contributed by atoms with Crippen molar-refractivity contribution in [3.8, 4) is 11.5 Å². The maximum atomic E-state index is 13.0. The molecule has 0 radical (unpaired) electrons. The highest BCUT2D eigenvalue weighted by Gasteiger charge is 2.23. The van der Waals surface area contributed by atoms with Crippen molar-refractivity contribution in [2.24, 2.45) is 0 Å². The van der Waals surface area contributed by atoms with Crippen LogP contribution < -0.4 is 15.0 Å². The third-order valence-electron chi connectivity index (χ3n) is 4.79. The molecule has 5 nitrogen and oxygen atoms in total. The van der Waals surface area contributed by atoms with Crippen molar-refractivity contribution in [1.29, 1.82) is 0 Å². The summed E-state index contributed by atoms with van der Waals surface area (Å²) in [6.07, 6.45) is 3.19. The molecule has 0 saturated carbocycles. The average molecular weight is 418 g/mol. The predicted octanol–water partition coefficient (Wildman–Crippen LogP) is 4.96. The second-order valence-electron chi connectivity index (χ2n) is 6.58. The van der Waals surface area contributed by atoms with Gasteiger partial charge in [-0.15, -0.1) is 11.3 Å². The summed E-state index contributed by atoms with van der Waals surface area (Å²) < 4.78 is 37.8. The Labute approximate surface area is 170 Å².